The minimum Gasteiger partial charge on any atom is -0.434 e. The van der Waals surface area contributed by atoms with Gasteiger partial charge in [0.1, 0.15) is 5.75 Å². The highest BCUT2D eigenvalue weighted by Crippen LogP contribution is 2.26. The number of hydrogen-bond donors (Lipinski definition) is 1. The maximum absolute atomic E-state index is 12.4. The smallest absolute Gasteiger partial charge is 0.387 e. The Kier molecular flexibility index (Phi) is 5.01. The zero-order chi connectivity index (χ0) is 15.4. The van der Waals surface area contributed by atoms with Gasteiger partial charge < -0.3 is 10.1 Å². The number of halogens is 3. The monoisotopic (exact) mass is 315 g/mol. The number of anilines is 1. The number of rotatable bonds is 6. The molecule has 0 saturated heterocycles. The molecular formula is C14H16ClF2N3O. The summed E-state index contributed by atoms with van der Waals surface area (Å²) in [6.45, 7) is -0.547. The molecule has 0 amide bonds. The molecule has 114 valence electrons. The number of ether oxygens (including phenoxy) is 1. The van der Waals surface area contributed by atoms with Crippen molar-refractivity contribution in [3.63, 3.8) is 0 Å². The van der Waals surface area contributed by atoms with Crippen LogP contribution in [-0.4, -0.2) is 16.4 Å². The number of aromatic nitrogens is 2. The average molecular weight is 316 g/mol. The number of nitrogens with zero attached hydrogens (tertiary/aromatic N) is 2. The molecule has 2 aromatic rings. The Hall–Kier alpha value is -1.82. The van der Waals surface area contributed by atoms with Crippen molar-refractivity contribution in [3.8, 4) is 5.75 Å². The van der Waals surface area contributed by atoms with Crippen LogP contribution in [0.15, 0.2) is 24.4 Å². The van der Waals surface area contributed by atoms with Crippen molar-refractivity contribution < 1.29 is 13.5 Å². The van der Waals surface area contributed by atoms with Gasteiger partial charge in [-0.1, -0.05) is 18.5 Å². The molecule has 1 N–H and O–H groups in total. The minimum atomic E-state index is -2.87. The van der Waals surface area contributed by atoms with Gasteiger partial charge >= 0.3 is 6.61 Å². The van der Waals surface area contributed by atoms with Crippen molar-refractivity contribution in [2.24, 2.45) is 7.05 Å². The zero-order valence-electron chi connectivity index (χ0n) is 11.7. The second kappa shape index (κ2) is 6.76. The Balaban J connectivity index is 2.16. The Labute approximate surface area is 126 Å². The van der Waals surface area contributed by atoms with Crippen molar-refractivity contribution in [1.82, 2.24) is 9.78 Å². The number of hydrogen-bond acceptors (Lipinski definition) is 3. The van der Waals surface area contributed by atoms with Crippen LogP contribution in [0.1, 0.15) is 18.2 Å². The van der Waals surface area contributed by atoms with Gasteiger partial charge in [0.05, 0.1) is 11.4 Å². The van der Waals surface area contributed by atoms with Crippen LogP contribution < -0.4 is 10.1 Å². The topological polar surface area (TPSA) is 39.1 Å². The number of aryl methyl sites for hydroxylation is 2. The lowest BCUT2D eigenvalue weighted by molar-refractivity contribution is -0.0504. The second-order valence-corrected chi connectivity index (χ2v) is 4.94. The Morgan fingerprint density at radius 3 is 2.86 bits per heavy atom. The second-order valence-electron chi connectivity index (χ2n) is 4.50. The lowest BCUT2D eigenvalue weighted by atomic mass is 10.2. The van der Waals surface area contributed by atoms with Gasteiger partial charge in [-0.3, -0.25) is 4.68 Å². The van der Waals surface area contributed by atoms with E-state index in [-0.39, 0.29) is 5.75 Å². The van der Waals surface area contributed by atoms with E-state index >= 15 is 0 Å². The Bertz CT molecular complexity index is 616. The van der Waals surface area contributed by atoms with Crippen molar-refractivity contribution in [2.45, 2.75) is 26.5 Å². The van der Waals surface area contributed by atoms with Gasteiger partial charge in [0.25, 0.3) is 0 Å². The molecule has 21 heavy (non-hydrogen) atoms. The predicted octanol–water partition coefficient (Wildman–Crippen LogP) is 3.85. The van der Waals surface area contributed by atoms with Gasteiger partial charge in [0, 0.05) is 30.4 Å². The largest absolute Gasteiger partial charge is 0.434 e. The van der Waals surface area contributed by atoms with Crippen LogP contribution in [0, 0.1) is 0 Å². The molecule has 2 rings (SSSR count). The van der Waals surface area contributed by atoms with Crippen LogP contribution in [0.2, 0.25) is 5.02 Å². The molecule has 1 heterocycles. The minimum absolute atomic E-state index is 0.115. The molecular weight excluding hydrogens is 300 g/mol. The summed E-state index contributed by atoms with van der Waals surface area (Å²) in [6.07, 6.45) is 2.62. The molecule has 0 aliphatic carbocycles. The summed E-state index contributed by atoms with van der Waals surface area (Å²) in [5.41, 5.74) is 2.34. The molecule has 0 spiro atoms. The van der Waals surface area contributed by atoms with E-state index in [9.17, 15) is 8.78 Å². The van der Waals surface area contributed by atoms with Crippen LogP contribution in [-0.2, 0) is 20.0 Å². The first-order valence-corrected chi connectivity index (χ1v) is 6.87. The maximum Gasteiger partial charge on any atom is 0.387 e. The summed E-state index contributed by atoms with van der Waals surface area (Å²) in [5.74, 6) is 0.115. The van der Waals surface area contributed by atoms with E-state index in [2.05, 4.69) is 15.2 Å². The zero-order valence-corrected chi connectivity index (χ0v) is 12.5. The standard InChI is InChI=1S/C14H16ClF2N3O/c1-3-11-12(8-20(2)19-11)18-7-9-6-10(15)4-5-13(9)21-14(16)17/h4-6,8,14,18H,3,7H2,1-2H3. The fourth-order valence-electron chi connectivity index (χ4n) is 2.03. The van der Waals surface area contributed by atoms with E-state index in [1.165, 1.54) is 12.1 Å². The highest BCUT2D eigenvalue weighted by atomic mass is 35.5. The van der Waals surface area contributed by atoms with Crippen LogP contribution >= 0.6 is 11.6 Å². The van der Waals surface area contributed by atoms with E-state index in [1.54, 1.807) is 10.7 Å². The van der Waals surface area contributed by atoms with E-state index in [1.807, 2.05) is 20.2 Å². The predicted molar refractivity (Wildman–Crippen MR) is 78.0 cm³/mol. The van der Waals surface area contributed by atoms with Crippen LogP contribution in [0.25, 0.3) is 0 Å². The van der Waals surface area contributed by atoms with Gasteiger partial charge in [0.15, 0.2) is 0 Å². The fourth-order valence-corrected chi connectivity index (χ4v) is 2.23. The first-order chi connectivity index (χ1) is 9.99. The van der Waals surface area contributed by atoms with Crippen molar-refractivity contribution in [2.75, 3.05) is 5.32 Å². The number of benzene rings is 1. The molecule has 0 atom stereocenters. The van der Waals surface area contributed by atoms with Crippen LogP contribution in [0.5, 0.6) is 5.75 Å². The Morgan fingerprint density at radius 1 is 1.43 bits per heavy atom. The van der Waals surface area contributed by atoms with Gasteiger partial charge in [-0.15, -0.1) is 0 Å². The van der Waals surface area contributed by atoms with E-state index in [0.29, 0.717) is 17.1 Å². The summed E-state index contributed by atoms with van der Waals surface area (Å²) in [4.78, 5) is 0. The quantitative estimate of drug-likeness (QED) is 0.880. The molecule has 0 saturated carbocycles. The average Bonchev–Trinajstić information content (AvgIpc) is 2.79. The molecule has 0 bridgehead atoms. The molecule has 0 fully saturated rings. The van der Waals surface area contributed by atoms with Gasteiger partial charge in [-0.05, 0) is 24.6 Å². The van der Waals surface area contributed by atoms with Crippen LogP contribution in [0.4, 0.5) is 14.5 Å². The summed E-state index contributed by atoms with van der Waals surface area (Å²) in [7, 11) is 1.83. The van der Waals surface area contributed by atoms with Gasteiger partial charge in [-0.2, -0.15) is 13.9 Å². The maximum atomic E-state index is 12.4. The van der Waals surface area contributed by atoms with Gasteiger partial charge in [-0.25, -0.2) is 0 Å². The molecule has 0 unspecified atom stereocenters. The van der Waals surface area contributed by atoms with Gasteiger partial charge in [0.2, 0.25) is 0 Å². The lowest BCUT2D eigenvalue weighted by Gasteiger charge is -2.12. The molecule has 0 aliphatic rings. The third-order valence-corrected chi connectivity index (χ3v) is 3.18. The molecule has 0 radical (unpaired) electrons. The first-order valence-electron chi connectivity index (χ1n) is 6.49. The van der Waals surface area contributed by atoms with Crippen LogP contribution in [0.3, 0.4) is 0 Å². The van der Waals surface area contributed by atoms with E-state index < -0.39 is 6.61 Å². The third-order valence-electron chi connectivity index (χ3n) is 2.95. The van der Waals surface area contributed by atoms with Crippen molar-refractivity contribution in [1.29, 1.82) is 0 Å². The number of alkyl halides is 2. The summed E-state index contributed by atoms with van der Waals surface area (Å²) < 4.78 is 31.0. The molecule has 7 heteroatoms. The molecule has 1 aromatic carbocycles. The third kappa shape index (κ3) is 4.07. The van der Waals surface area contributed by atoms with E-state index in [0.717, 1.165) is 17.8 Å². The van der Waals surface area contributed by atoms with Crippen molar-refractivity contribution in [3.05, 3.63) is 40.7 Å². The summed E-state index contributed by atoms with van der Waals surface area (Å²) >= 11 is 5.91. The summed E-state index contributed by atoms with van der Waals surface area (Å²) in [6, 6.07) is 4.56. The molecule has 4 nitrogen and oxygen atoms in total. The normalized spacial score (nSPS) is 11.0. The highest BCUT2D eigenvalue weighted by Gasteiger charge is 2.12. The SMILES string of the molecule is CCc1nn(C)cc1NCc1cc(Cl)ccc1OC(F)F. The first kappa shape index (κ1) is 15.6. The Morgan fingerprint density at radius 2 is 2.19 bits per heavy atom. The fraction of sp³-hybridized carbons (Fsp3) is 0.357. The molecule has 1 aromatic heterocycles. The summed E-state index contributed by atoms with van der Waals surface area (Å²) in [5, 5.41) is 7.95. The lowest BCUT2D eigenvalue weighted by Crippen LogP contribution is -2.07. The van der Waals surface area contributed by atoms with Crippen molar-refractivity contribution >= 4 is 17.3 Å². The molecule has 0 aliphatic heterocycles. The number of nitrogens with one attached hydrogen (secondary N) is 1. The van der Waals surface area contributed by atoms with E-state index in [4.69, 9.17) is 11.6 Å². The highest BCUT2D eigenvalue weighted by molar-refractivity contribution is 6.30.